The lowest BCUT2D eigenvalue weighted by molar-refractivity contribution is 0.0725. The van der Waals surface area contributed by atoms with E-state index in [1.54, 1.807) is 62.8 Å². The molecule has 0 atom stereocenters. The average Bonchev–Trinajstić information content (AvgIpc) is 3.49. The SMILES string of the molecule is COc1cccc(C(=O)Oc2ccc(C3(c4ccc(OC(=O)c5cccc(OC)c5)cc4)CCCC3)cc2)c1. The van der Waals surface area contributed by atoms with Gasteiger partial charge in [0.1, 0.15) is 23.0 Å². The van der Waals surface area contributed by atoms with Gasteiger partial charge in [-0.15, -0.1) is 0 Å². The second-order valence-corrected chi connectivity index (χ2v) is 9.58. The van der Waals surface area contributed by atoms with Crippen molar-refractivity contribution in [3.05, 3.63) is 119 Å². The molecule has 6 heteroatoms. The maximum atomic E-state index is 12.6. The minimum atomic E-state index is -0.434. The maximum absolute atomic E-state index is 12.6. The zero-order valence-corrected chi connectivity index (χ0v) is 22.0. The van der Waals surface area contributed by atoms with Crippen molar-refractivity contribution in [2.45, 2.75) is 31.1 Å². The molecule has 0 unspecified atom stereocenters. The fourth-order valence-corrected chi connectivity index (χ4v) is 5.24. The van der Waals surface area contributed by atoms with Crippen LogP contribution in [-0.2, 0) is 5.41 Å². The van der Waals surface area contributed by atoms with Gasteiger partial charge in [0, 0.05) is 5.41 Å². The summed E-state index contributed by atoms with van der Waals surface area (Å²) in [5.74, 6) is 1.31. The third kappa shape index (κ3) is 5.65. The smallest absolute Gasteiger partial charge is 0.343 e. The molecule has 198 valence electrons. The molecule has 4 aromatic carbocycles. The summed E-state index contributed by atoms with van der Waals surface area (Å²) in [6, 6.07) is 29.3. The van der Waals surface area contributed by atoms with Crippen LogP contribution in [0.4, 0.5) is 0 Å². The summed E-state index contributed by atoms with van der Waals surface area (Å²) in [5, 5.41) is 0. The van der Waals surface area contributed by atoms with Crippen LogP contribution in [0, 0.1) is 0 Å². The Kier molecular flexibility index (Phi) is 7.64. The Morgan fingerprint density at radius 3 is 1.36 bits per heavy atom. The van der Waals surface area contributed by atoms with E-state index in [1.807, 2.05) is 48.5 Å². The molecule has 1 fully saturated rings. The number of ether oxygens (including phenoxy) is 4. The Morgan fingerprint density at radius 1 is 0.564 bits per heavy atom. The Bertz CT molecular complexity index is 1340. The van der Waals surface area contributed by atoms with Gasteiger partial charge < -0.3 is 18.9 Å². The monoisotopic (exact) mass is 522 g/mol. The highest BCUT2D eigenvalue weighted by Gasteiger charge is 2.37. The van der Waals surface area contributed by atoms with E-state index < -0.39 is 11.9 Å². The molecule has 39 heavy (non-hydrogen) atoms. The molecular weight excluding hydrogens is 492 g/mol. The van der Waals surface area contributed by atoms with Crippen LogP contribution in [0.3, 0.4) is 0 Å². The van der Waals surface area contributed by atoms with Crippen molar-refractivity contribution in [1.29, 1.82) is 0 Å². The number of methoxy groups -OCH3 is 2. The minimum Gasteiger partial charge on any atom is -0.497 e. The van der Waals surface area contributed by atoms with E-state index in [-0.39, 0.29) is 5.41 Å². The fraction of sp³-hybridized carbons (Fsp3) is 0.212. The van der Waals surface area contributed by atoms with Gasteiger partial charge >= 0.3 is 11.9 Å². The van der Waals surface area contributed by atoms with Crippen LogP contribution in [0.1, 0.15) is 57.5 Å². The van der Waals surface area contributed by atoms with Crippen LogP contribution in [0.5, 0.6) is 23.0 Å². The molecule has 6 nitrogen and oxygen atoms in total. The van der Waals surface area contributed by atoms with Gasteiger partial charge in [-0.25, -0.2) is 9.59 Å². The zero-order valence-electron chi connectivity index (χ0n) is 22.0. The van der Waals surface area contributed by atoms with Crippen LogP contribution < -0.4 is 18.9 Å². The van der Waals surface area contributed by atoms with E-state index in [0.717, 1.165) is 25.7 Å². The standard InChI is InChI=1S/C33H30O6/c1-36-29-9-5-7-23(21-29)31(34)38-27-15-11-25(12-16-27)33(19-3-4-20-33)26-13-17-28(18-14-26)39-32(35)24-8-6-10-30(22-24)37-2/h5-18,21-22H,3-4,19-20H2,1-2H3. The lowest BCUT2D eigenvalue weighted by atomic mass is 9.73. The molecule has 5 rings (SSSR count). The van der Waals surface area contributed by atoms with Crippen molar-refractivity contribution in [2.75, 3.05) is 14.2 Å². The molecule has 4 aromatic rings. The molecule has 0 bridgehead atoms. The van der Waals surface area contributed by atoms with E-state index in [2.05, 4.69) is 0 Å². The summed E-state index contributed by atoms with van der Waals surface area (Å²) in [5.41, 5.74) is 3.05. The van der Waals surface area contributed by atoms with Gasteiger partial charge in [0.2, 0.25) is 0 Å². The Labute approximate surface area is 228 Å². The van der Waals surface area contributed by atoms with Gasteiger partial charge in [-0.2, -0.15) is 0 Å². The lowest BCUT2D eigenvalue weighted by Crippen LogP contribution is -2.23. The summed E-state index contributed by atoms with van der Waals surface area (Å²) in [4.78, 5) is 25.2. The summed E-state index contributed by atoms with van der Waals surface area (Å²) in [7, 11) is 3.12. The summed E-state index contributed by atoms with van der Waals surface area (Å²) >= 11 is 0. The van der Waals surface area contributed by atoms with Gasteiger partial charge in [-0.3, -0.25) is 0 Å². The molecule has 0 N–H and O–H groups in total. The minimum absolute atomic E-state index is 0.148. The third-order valence-corrected chi connectivity index (χ3v) is 7.30. The summed E-state index contributed by atoms with van der Waals surface area (Å²) in [6.45, 7) is 0. The normalized spacial score (nSPS) is 13.9. The van der Waals surface area contributed by atoms with E-state index >= 15 is 0 Å². The van der Waals surface area contributed by atoms with Crippen molar-refractivity contribution in [3.63, 3.8) is 0 Å². The Hall–Kier alpha value is -4.58. The molecule has 0 aromatic heterocycles. The van der Waals surface area contributed by atoms with Gasteiger partial charge in [-0.1, -0.05) is 49.2 Å². The number of benzene rings is 4. The number of rotatable bonds is 8. The Morgan fingerprint density at radius 2 is 0.974 bits per heavy atom. The Balaban J connectivity index is 1.31. The molecule has 0 radical (unpaired) electrons. The third-order valence-electron chi connectivity index (χ3n) is 7.30. The number of carbonyl (C=O) groups is 2. The van der Waals surface area contributed by atoms with Crippen LogP contribution >= 0.6 is 0 Å². The molecule has 0 saturated heterocycles. The first kappa shape index (κ1) is 26.0. The number of esters is 2. The van der Waals surface area contributed by atoms with Crippen molar-refractivity contribution < 1.29 is 28.5 Å². The molecule has 0 heterocycles. The first-order valence-electron chi connectivity index (χ1n) is 12.9. The topological polar surface area (TPSA) is 71.1 Å². The van der Waals surface area contributed by atoms with E-state index in [0.29, 0.717) is 34.1 Å². The predicted molar refractivity (Wildman–Crippen MR) is 148 cm³/mol. The highest BCUT2D eigenvalue weighted by molar-refractivity contribution is 5.92. The van der Waals surface area contributed by atoms with Gasteiger partial charge in [-0.05, 0) is 84.6 Å². The first-order valence-corrected chi connectivity index (χ1v) is 12.9. The zero-order chi connectivity index (χ0) is 27.2. The van der Waals surface area contributed by atoms with Gasteiger partial charge in [0.25, 0.3) is 0 Å². The van der Waals surface area contributed by atoms with E-state index in [4.69, 9.17) is 18.9 Å². The summed E-state index contributed by atoms with van der Waals surface area (Å²) in [6.07, 6.45) is 4.27. The summed E-state index contributed by atoms with van der Waals surface area (Å²) < 4.78 is 21.6. The van der Waals surface area contributed by atoms with Crippen LogP contribution in [0.15, 0.2) is 97.1 Å². The van der Waals surface area contributed by atoms with Crippen LogP contribution in [0.2, 0.25) is 0 Å². The van der Waals surface area contributed by atoms with Crippen molar-refractivity contribution >= 4 is 11.9 Å². The second kappa shape index (κ2) is 11.4. The molecule has 0 amide bonds. The molecule has 1 aliphatic rings. The van der Waals surface area contributed by atoms with Gasteiger partial charge in [0.05, 0.1) is 25.3 Å². The average molecular weight is 523 g/mol. The quantitative estimate of drug-likeness (QED) is 0.183. The lowest BCUT2D eigenvalue weighted by Gasteiger charge is -2.31. The van der Waals surface area contributed by atoms with Crippen molar-refractivity contribution in [1.82, 2.24) is 0 Å². The number of hydrogen-bond donors (Lipinski definition) is 0. The molecule has 0 aliphatic heterocycles. The molecule has 1 saturated carbocycles. The largest absolute Gasteiger partial charge is 0.497 e. The van der Waals surface area contributed by atoms with Crippen LogP contribution in [0.25, 0.3) is 0 Å². The van der Waals surface area contributed by atoms with Gasteiger partial charge in [0.15, 0.2) is 0 Å². The highest BCUT2D eigenvalue weighted by atomic mass is 16.5. The van der Waals surface area contributed by atoms with Crippen molar-refractivity contribution in [3.8, 4) is 23.0 Å². The predicted octanol–water partition coefficient (Wildman–Crippen LogP) is 7.00. The molecule has 0 spiro atoms. The second-order valence-electron chi connectivity index (χ2n) is 9.58. The molecule has 1 aliphatic carbocycles. The fourth-order valence-electron chi connectivity index (χ4n) is 5.24. The van der Waals surface area contributed by atoms with Crippen molar-refractivity contribution in [2.24, 2.45) is 0 Å². The highest BCUT2D eigenvalue weighted by Crippen LogP contribution is 2.47. The maximum Gasteiger partial charge on any atom is 0.343 e. The number of hydrogen-bond acceptors (Lipinski definition) is 6. The van der Waals surface area contributed by atoms with E-state index in [9.17, 15) is 9.59 Å². The molecular formula is C33H30O6. The first-order chi connectivity index (χ1) is 19.0. The number of carbonyl (C=O) groups excluding carboxylic acids is 2. The van der Waals surface area contributed by atoms with E-state index in [1.165, 1.54) is 11.1 Å². The van der Waals surface area contributed by atoms with Crippen LogP contribution in [-0.4, -0.2) is 26.2 Å².